The highest BCUT2D eigenvalue weighted by Gasteiger charge is 2.01. The molecule has 84 valence electrons. The number of carbonyl (C=O) groups excluding carboxylic acids is 1. The summed E-state index contributed by atoms with van der Waals surface area (Å²) >= 11 is 0. The third-order valence-corrected chi connectivity index (χ3v) is 1.97. The molecule has 0 atom stereocenters. The standard InChI is InChI=1S/C12H10N4O/c17-12(10-5-2-1-3-6-10)16-15-9-11-13-7-4-8-14-11/h1-9H,(H,16,17)/b15-9+. The lowest BCUT2D eigenvalue weighted by atomic mass is 10.2. The molecular weight excluding hydrogens is 216 g/mol. The molecule has 0 spiro atoms. The average molecular weight is 226 g/mol. The van der Waals surface area contributed by atoms with Gasteiger partial charge in [-0.1, -0.05) is 18.2 Å². The van der Waals surface area contributed by atoms with Gasteiger partial charge in [-0.2, -0.15) is 5.10 Å². The van der Waals surface area contributed by atoms with E-state index in [1.165, 1.54) is 6.21 Å². The number of hydrogen-bond donors (Lipinski definition) is 1. The summed E-state index contributed by atoms with van der Waals surface area (Å²) in [5, 5.41) is 3.77. The lowest BCUT2D eigenvalue weighted by molar-refractivity contribution is 0.0955. The van der Waals surface area contributed by atoms with Gasteiger partial charge < -0.3 is 0 Å². The van der Waals surface area contributed by atoms with Crippen LogP contribution in [-0.2, 0) is 0 Å². The van der Waals surface area contributed by atoms with Gasteiger partial charge >= 0.3 is 0 Å². The molecule has 1 amide bonds. The summed E-state index contributed by atoms with van der Waals surface area (Å²) in [6.45, 7) is 0. The van der Waals surface area contributed by atoms with Crippen LogP contribution in [0.4, 0.5) is 0 Å². The Bertz CT molecular complexity index is 511. The number of benzene rings is 1. The molecule has 1 heterocycles. The first kappa shape index (κ1) is 10.9. The number of rotatable bonds is 3. The number of nitrogens with one attached hydrogen (secondary N) is 1. The zero-order valence-corrected chi connectivity index (χ0v) is 8.95. The molecule has 0 aliphatic heterocycles. The monoisotopic (exact) mass is 226 g/mol. The normalized spacial score (nSPS) is 10.4. The van der Waals surface area contributed by atoms with Crippen LogP contribution in [0.1, 0.15) is 16.2 Å². The molecule has 0 aliphatic carbocycles. The highest BCUT2D eigenvalue weighted by atomic mass is 16.2. The Kier molecular flexibility index (Phi) is 3.54. The fourth-order valence-corrected chi connectivity index (χ4v) is 1.18. The molecule has 0 fully saturated rings. The Morgan fingerprint density at radius 3 is 2.53 bits per heavy atom. The van der Waals surface area contributed by atoms with Crippen molar-refractivity contribution in [2.24, 2.45) is 5.10 Å². The number of nitrogens with zero attached hydrogens (tertiary/aromatic N) is 3. The number of carbonyl (C=O) groups is 1. The quantitative estimate of drug-likeness (QED) is 0.632. The Balaban J connectivity index is 1.95. The van der Waals surface area contributed by atoms with E-state index in [9.17, 15) is 4.79 Å². The first-order valence-electron chi connectivity index (χ1n) is 5.02. The highest BCUT2D eigenvalue weighted by Crippen LogP contribution is 1.97. The third-order valence-electron chi connectivity index (χ3n) is 1.97. The van der Waals surface area contributed by atoms with Crippen molar-refractivity contribution >= 4 is 12.1 Å². The van der Waals surface area contributed by atoms with E-state index in [1.807, 2.05) is 6.07 Å². The lowest BCUT2D eigenvalue weighted by Crippen LogP contribution is -2.17. The number of aromatic nitrogens is 2. The van der Waals surface area contributed by atoms with Gasteiger partial charge in [-0.3, -0.25) is 4.79 Å². The molecule has 0 bridgehead atoms. The molecule has 17 heavy (non-hydrogen) atoms. The van der Waals surface area contributed by atoms with E-state index in [-0.39, 0.29) is 5.91 Å². The van der Waals surface area contributed by atoms with Crippen molar-refractivity contribution in [3.05, 3.63) is 60.2 Å². The Morgan fingerprint density at radius 2 is 1.82 bits per heavy atom. The van der Waals surface area contributed by atoms with Gasteiger partial charge in [0, 0.05) is 18.0 Å². The predicted molar refractivity (Wildman–Crippen MR) is 63.5 cm³/mol. The van der Waals surface area contributed by atoms with Gasteiger partial charge in [-0.05, 0) is 18.2 Å². The maximum Gasteiger partial charge on any atom is 0.271 e. The fourth-order valence-electron chi connectivity index (χ4n) is 1.18. The van der Waals surface area contributed by atoms with E-state index in [1.54, 1.807) is 42.7 Å². The summed E-state index contributed by atoms with van der Waals surface area (Å²) in [5.74, 6) is 0.179. The van der Waals surface area contributed by atoms with E-state index in [0.717, 1.165) is 0 Å². The lowest BCUT2D eigenvalue weighted by Gasteiger charge is -1.98. The van der Waals surface area contributed by atoms with Crippen LogP contribution < -0.4 is 5.43 Å². The summed E-state index contributed by atoms with van der Waals surface area (Å²) in [5.41, 5.74) is 2.95. The minimum Gasteiger partial charge on any atom is -0.267 e. The fraction of sp³-hybridized carbons (Fsp3) is 0. The molecule has 1 aromatic heterocycles. The topological polar surface area (TPSA) is 67.2 Å². The third kappa shape index (κ3) is 3.20. The van der Waals surface area contributed by atoms with E-state index in [2.05, 4.69) is 20.5 Å². The summed E-state index contributed by atoms with van der Waals surface area (Å²) in [4.78, 5) is 19.4. The van der Waals surface area contributed by atoms with Crippen molar-refractivity contribution in [2.75, 3.05) is 0 Å². The van der Waals surface area contributed by atoms with Crippen LogP contribution in [0.3, 0.4) is 0 Å². The molecule has 0 radical (unpaired) electrons. The van der Waals surface area contributed by atoms with Crippen LogP contribution in [0.5, 0.6) is 0 Å². The second kappa shape index (κ2) is 5.50. The van der Waals surface area contributed by atoms with Gasteiger partial charge in [0.15, 0.2) is 5.82 Å². The van der Waals surface area contributed by atoms with Gasteiger partial charge in [-0.15, -0.1) is 0 Å². The molecule has 0 unspecified atom stereocenters. The first-order chi connectivity index (χ1) is 8.36. The number of amides is 1. The van der Waals surface area contributed by atoms with Gasteiger partial charge in [0.1, 0.15) is 0 Å². The predicted octanol–water partition coefficient (Wildman–Crippen LogP) is 1.24. The van der Waals surface area contributed by atoms with Crippen LogP contribution in [0.25, 0.3) is 0 Å². The molecule has 0 aliphatic rings. The van der Waals surface area contributed by atoms with E-state index in [4.69, 9.17) is 0 Å². The van der Waals surface area contributed by atoms with E-state index < -0.39 is 0 Å². The van der Waals surface area contributed by atoms with Crippen molar-refractivity contribution in [1.82, 2.24) is 15.4 Å². The first-order valence-corrected chi connectivity index (χ1v) is 5.02. The van der Waals surface area contributed by atoms with Crippen LogP contribution >= 0.6 is 0 Å². The van der Waals surface area contributed by atoms with Gasteiger partial charge in [0.25, 0.3) is 5.91 Å². The summed E-state index contributed by atoms with van der Waals surface area (Å²) in [7, 11) is 0. The number of hydrogen-bond acceptors (Lipinski definition) is 4. The molecule has 2 aromatic rings. The summed E-state index contributed by atoms with van der Waals surface area (Å²) in [6, 6.07) is 10.6. The summed E-state index contributed by atoms with van der Waals surface area (Å²) in [6.07, 6.45) is 4.60. The van der Waals surface area contributed by atoms with Crippen molar-refractivity contribution in [3.63, 3.8) is 0 Å². The maximum absolute atomic E-state index is 11.6. The van der Waals surface area contributed by atoms with Crippen molar-refractivity contribution in [2.45, 2.75) is 0 Å². The van der Waals surface area contributed by atoms with Crippen molar-refractivity contribution in [1.29, 1.82) is 0 Å². The minimum atomic E-state index is -0.266. The Morgan fingerprint density at radius 1 is 1.12 bits per heavy atom. The average Bonchev–Trinajstić information content (AvgIpc) is 2.41. The van der Waals surface area contributed by atoms with Crippen molar-refractivity contribution < 1.29 is 4.79 Å². The van der Waals surface area contributed by atoms with Crippen LogP contribution in [0.15, 0.2) is 53.9 Å². The van der Waals surface area contributed by atoms with E-state index in [0.29, 0.717) is 11.4 Å². The molecule has 5 heteroatoms. The smallest absolute Gasteiger partial charge is 0.267 e. The Hall–Kier alpha value is -2.56. The second-order valence-electron chi connectivity index (χ2n) is 3.17. The largest absolute Gasteiger partial charge is 0.271 e. The molecule has 0 saturated carbocycles. The SMILES string of the molecule is O=C(N/N=C/c1ncccn1)c1ccccc1. The second-order valence-corrected chi connectivity index (χ2v) is 3.17. The summed E-state index contributed by atoms with van der Waals surface area (Å²) < 4.78 is 0. The van der Waals surface area contributed by atoms with Gasteiger partial charge in [-0.25, -0.2) is 15.4 Å². The maximum atomic E-state index is 11.6. The van der Waals surface area contributed by atoms with Gasteiger partial charge in [0.05, 0.1) is 6.21 Å². The zero-order chi connectivity index (χ0) is 11.9. The molecule has 2 rings (SSSR count). The molecular formula is C12H10N4O. The highest BCUT2D eigenvalue weighted by molar-refractivity contribution is 5.94. The molecule has 1 aromatic carbocycles. The van der Waals surface area contributed by atoms with E-state index >= 15 is 0 Å². The number of hydrazone groups is 1. The zero-order valence-electron chi connectivity index (χ0n) is 8.95. The molecule has 0 saturated heterocycles. The van der Waals surface area contributed by atoms with Crippen LogP contribution in [-0.4, -0.2) is 22.1 Å². The van der Waals surface area contributed by atoms with Crippen LogP contribution in [0, 0.1) is 0 Å². The van der Waals surface area contributed by atoms with Gasteiger partial charge in [0.2, 0.25) is 0 Å². The molecule has 1 N–H and O–H groups in total. The van der Waals surface area contributed by atoms with Crippen molar-refractivity contribution in [3.8, 4) is 0 Å². The van der Waals surface area contributed by atoms with Crippen LogP contribution in [0.2, 0.25) is 0 Å². The minimum absolute atomic E-state index is 0.266. The Labute approximate surface area is 98.2 Å². The molecule has 5 nitrogen and oxygen atoms in total.